The van der Waals surface area contributed by atoms with E-state index in [9.17, 15) is 13.2 Å². The number of hydrogen-bond acceptors (Lipinski definition) is 6. The van der Waals surface area contributed by atoms with Crippen molar-refractivity contribution in [2.75, 3.05) is 36.9 Å². The van der Waals surface area contributed by atoms with Crippen molar-refractivity contribution < 1.29 is 27.4 Å². The molecule has 8 nitrogen and oxygen atoms in total. The van der Waals surface area contributed by atoms with Gasteiger partial charge in [0.05, 0.1) is 18.0 Å². The van der Waals surface area contributed by atoms with E-state index in [1.165, 1.54) is 0 Å². The van der Waals surface area contributed by atoms with Crippen molar-refractivity contribution in [3.05, 3.63) is 18.2 Å². The highest BCUT2D eigenvalue weighted by Gasteiger charge is 2.30. The molecule has 0 bridgehead atoms. The monoisotopic (exact) mass is 384 g/mol. The number of nitrogens with one attached hydrogen (secondary N) is 1. The van der Waals surface area contributed by atoms with E-state index in [1.54, 1.807) is 25.1 Å². The Kier molecular flexibility index (Phi) is 5.57. The molecule has 1 N–H and O–H groups in total. The third-order valence-corrected chi connectivity index (χ3v) is 5.64. The zero-order chi connectivity index (χ0) is 18.7. The minimum Gasteiger partial charge on any atom is -0.486 e. The number of benzene rings is 1. The van der Waals surface area contributed by atoms with Crippen LogP contribution in [-0.4, -0.2) is 59.1 Å². The smallest absolute Gasteiger partial charge is 0.243 e. The molecule has 0 unspecified atom stereocenters. The third-order valence-electron chi connectivity index (χ3n) is 4.40. The summed E-state index contributed by atoms with van der Waals surface area (Å²) in [5.41, 5.74) is 0.358. The first kappa shape index (κ1) is 18.8. The van der Waals surface area contributed by atoms with Gasteiger partial charge >= 0.3 is 0 Å². The Hall–Kier alpha value is -2.00. The van der Waals surface area contributed by atoms with Gasteiger partial charge in [-0.15, -0.1) is 0 Å². The first-order valence-corrected chi connectivity index (χ1v) is 10.5. The van der Waals surface area contributed by atoms with Crippen LogP contribution in [0.1, 0.15) is 19.8 Å². The van der Waals surface area contributed by atoms with Gasteiger partial charge in [-0.3, -0.25) is 9.10 Å². The summed E-state index contributed by atoms with van der Waals surface area (Å²) in [5, 5.41) is 2.78. The summed E-state index contributed by atoms with van der Waals surface area (Å²) in [7, 11) is -3.68. The van der Waals surface area contributed by atoms with Crippen LogP contribution >= 0.6 is 0 Å². The first-order valence-electron chi connectivity index (χ1n) is 8.64. The highest BCUT2D eigenvalue weighted by atomic mass is 32.2. The van der Waals surface area contributed by atoms with Gasteiger partial charge in [0.15, 0.2) is 11.5 Å². The van der Waals surface area contributed by atoms with Crippen LogP contribution in [-0.2, 0) is 19.6 Å². The normalized spacial score (nSPS) is 20.5. The second-order valence-electron chi connectivity index (χ2n) is 6.44. The summed E-state index contributed by atoms with van der Waals surface area (Å²) in [6, 6.07) is 3.94. The van der Waals surface area contributed by atoms with Crippen LogP contribution in [0.25, 0.3) is 0 Å². The Balaban J connectivity index is 1.78. The van der Waals surface area contributed by atoms with Gasteiger partial charge in [0.1, 0.15) is 19.3 Å². The van der Waals surface area contributed by atoms with Crippen LogP contribution in [0.15, 0.2) is 18.2 Å². The Morgan fingerprint density at radius 2 is 2.00 bits per heavy atom. The van der Waals surface area contributed by atoms with Crippen LogP contribution in [0.2, 0.25) is 0 Å². The van der Waals surface area contributed by atoms with E-state index in [4.69, 9.17) is 14.2 Å². The predicted octanol–water partition coefficient (Wildman–Crippen LogP) is 0.907. The molecular formula is C17H24N2O6S. The fourth-order valence-electron chi connectivity index (χ4n) is 3.15. The molecule has 3 rings (SSSR count). The molecule has 0 spiro atoms. The molecule has 2 aliphatic rings. The minimum atomic E-state index is -3.68. The largest absolute Gasteiger partial charge is 0.486 e. The highest BCUT2D eigenvalue weighted by molar-refractivity contribution is 7.92. The van der Waals surface area contributed by atoms with Crippen LogP contribution in [0.5, 0.6) is 11.5 Å². The number of amides is 1. The number of rotatable bonds is 6. The topological polar surface area (TPSA) is 94.2 Å². The highest BCUT2D eigenvalue weighted by Crippen LogP contribution is 2.35. The van der Waals surface area contributed by atoms with E-state index in [0.29, 0.717) is 43.6 Å². The minimum absolute atomic E-state index is 0.00729. The van der Waals surface area contributed by atoms with E-state index >= 15 is 0 Å². The quantitative estimate of drug-likeness (QED) is 0.783. The molecule has 144 valence electrons. The van der Waals surface area contributed by atoms with Crippen molar-refractivity contribution in [3.8, 4) is 11.5 Å². The molecule has 26 heavy (non-hydrogen) atoms. The molecule has 1 fully saturated rings. The van der Waals surface area contributed by atoms with Gasteiger partial charge in [-0.05, 0) is 31.9 Å². The molecular weight excluding hydrogens is 360 g/mol. The summed E-state index contributed by atoms with van der Waals surface area (Å²) >= 11 is 0. The summed E-state index contributed by atoms with van der Waals surface area (Å²) < 4.78 is 42.3. The molecule has 0 aromatic heterocycles. The van der Waals surface area contributed by atoms with Gasteiger partial charge in [-0.1, -0.05) is 0 Å². The molecule has 0 aliphatic carbocycles. The molecule has 1 aromatic rings. The van der Waals surface area contributed by atoms with Crippen LogP contribution < -0.4 is 19.1 Å². The maximum atomic E-state index is 12.5. The summed E-state index contributed by atoms with van der Waals surface area (Å²) in [5.74, 6) is 0.652. The number of carbonyl (C=O) groups is 1. The van der Waals surface area contributed by atoms with E-state index in [1.807, 2.05) is 0 Å². The van der Waals surface area contributed by atoms with Gasteiger partial charge < -0.3 is 19.5 Å². The number of nitrogens with zero attached hydrogens (tertiary/aromatic N) is 1. The van der Waals surface area contributed by atoms with E-state index in [-0.39, 0.29) is 12.0 Å². The predicted molar refractivity (Wildman–Crippen MR) is 96.2 cm³/mol. The third kappa shape index (κ3) is 4.21. The molecule has 0 radical (unpaired) electrons. The maximum absolute atomic E-state index is 12.5. The standard InChI is InChI=1S/C17H24N2O6S/c1-12(17(20)18-11-14-4-3-7-23-14)19(26(2,21)22)13-5-6-15-16(10-13)25-9-8-24-15/h5-6,10,12,14H,3-4,7-9,11H2,1-2H3,(H,18,20)/t12-,14+/m0/s1. The lowest BCUT2D eigenvalue weighted by molar-refractivity contribution is -0.122. The fourth-order valence-corrected chi connectivity index (χ4v) is 4.31. The molecule has 2 aliphatic heterocycles. The van der Waals surface area contributed by atoms with Crippen molar-refractivity contribution in [2.24, 2.45) is 0 Å². The van der Waals surface area contributed by atoms with Crippen molar-refractivity contribution in [3.63, 3.8) is 0 Å². The van der Waals surface area contributed by atoms with Crippen molar-refractivity contribution in [1.29, 1.82) is 0 Å². The van der Waals surface area contributed by atoms with Crippen molar-refractivity contribution in [1.82, 2.24) is 5.32 Å². The van der Waals surface area contributed by atoms with Gasteiger partial charge in [0.25, 0.3) is 0 Å². The van der Waals surface area contributed by atoms with Crippen LogP contribution in [0, 0.1) is 0 Å². The number of carbonyl (C=O) groups excluding carboxylic acids is 1. The van der Waals surface area contributed by atoms with Crippen LogP contribution in [0.4, 0.5) is 5.69 Å². The van der Waals surface area contributed by atoms with Gasteiger partial charge in [0.2, 0.25) is 15.9 Å². The zero-order valence-corrected chi connectivity index (χ0v) is 15.8. The molecule has 1 amide bonds. The second-order valence-corrected chi connectivity index (χ2v) is 8.30. The Morgan fingerprint density at radius 1 is 1.27 bits per heavy atom. The average molecular weight is 384 g/mol. The summed E-state index contributed by atoms with van der Waals surface area (Å²) in [6.07, 6.45) is 2.94. The summed E-state index contributed by atoms with van der Waals surface area (Å²) in [6.45, 7) is 3.48. The molecule has 2 atom stereocenters. The molecule has 1 saturated heterocycles. The molecule has 1 aromatic carbocycles. The molecule has 2 heterocycles. The molecule has 0 saturated carbocycles. The van der Waals surface area contributed by atoms with Gasteiger partial charge in [0, 0.05) is 19.2 Å². The van der Waals surface area contributed by atoms with Gasteiger partial charge in [-0.25, -0.2) is 8.42 Å². The number of anilines is 1. The lowest BCUT2D eigenvalue weighted by Gasteiger charge is -2.29. The number of fused-ring (bicyclic) bond motifs is 1. The maximum Gasteiger partial charge on any atom is 0.243 e. The van der Waals surface area contributed by atoms with Crippen molar-refractivity contribution >= 4 is 21.6 Å². The fraction of sp³-hybridized carbons (Fsp3) is 0.588. The van der Waals surface area contributed by atoms with Crippen molar-refractivity contribution in [2.45, 2.75) is 31.9 Å². The van der Waals surface area contributed by atoms with E-state index in [2.05, 4.69) is 5.32 Å². The molecule has 9 heteroatoms. The average Bonchev–Trinajstić information content (AvgIpc) is 3.12. The SMILES string of the molecule is C[C@@H](C(=O)NC[C@H]1CCCO1)N(c1ccc2c(c1)OCCO2)S(C)(=O)=O. The lowest BCUT2D eigenvalue weighted by Crippen LogP contribution is -2.49. The number of ether oxygens (including phenoxy) is 3. The van der Waals surface area contributed by atoms with E-state index < -0.39 is 16.1 Å². The first-order chi connectivity index (χ1) is 12.4. The Bertz CT molecular complexity index is 761. The Labute approximate surface area is 153 Å². The van der Waals surface area contributed by atoms with E-state index in [0.717, 1.165) is 23.4 Å². The van der Waals surface area contributed by atoms with Gasteiger partial charge in [-0.2, -0.15) is 0 Å². The lowest BCUT2D eigenvalue weighted by atomic mass is 10.2. The number of sulfonamides is 1. The van der Waals surface area contributed by atoms with Crippen LogP contribution in [0.3, 0.4) is 0 Å². The zero-order valence-electron chi connectivity index (χ0n) is 14.9. The second kappa shape index (κ2) is 7.71. The summed E-state index contributed by atoms with van der Waals surface area (Å²) in [4.78, 5) is 12.5. The number of hydrogen-bond donors (Lipinski definition) is 1. The Morgan fingerprint density at radius 3 is 2.65 bits per heavy atom.